The lowest BCUT2D eigenvalue weighted by molar-refractivity contribution is -0.141. The van der Waals surface area contributed by atoms with Crippen molar-refractivity contribution >= 4 is 35.1 Å². The molecule has 6 N–H and O–H groups in total. The maximum Gasteiger partial charge on any atom is 0.321 e. The van der Waals surface area contributed by atoms with Crippen LogP contribution >= 0.6 is 0 Å². The van der Waals surface area contributed by atoms with Crippen LogP contribution in [0.4, 0.5) is 11.4 Å². The van der Waals surface area contributed by atoms with Crippen LogP contribution in [0.2, 0.25) is 0 Å². The van der Waals surface area contributed by atoms with E-state index < -0.39 is 35.8 Å². The highest BCUT2D eigenvalue weighted by molar-refractivity contribution is 5.96. The minimum atomic E-state index is -1.13. The van der Waals surface area contributed by atoms with E-state index in [0.717, 1.165) is 11.1 Å². The van der Waals surface area contributed by atoms with Crippen molar-refractivity contribution in [3.8, 4) is 0 Å². The van der Waals surface area contributed by atoms with Crippen LogP contribution in [0.5, 0.6) is 0 Å². The summed E-state index contributed by atoms with van der Waals surface area (Å²) in [7, 11) is 0. The molecule has 3 aromatic rings. The number of carboxylic acid groups (broad SMARTS) is 2. The van der Waals surface area contributed by atoms with Gasteiger partial charge in [-0.15, -0.1) is 0 Å². The second kappa shape index (κ2) is 14.3. The van der Waals surface area contributed by atoms with E-state index in [4.69, 9.17) is 0 Å². The molecule has 0 unspecified atom stereocenters. The molecule has 3 aromatic carbocycles. The Morgan fingerprint density at radius 2 is 0.895 bits per heavy atom. The first-order valence-electron chi connectivity index (χ1n) is 12.0. The molecule has 0 aliphatic rings. The fourth-order valence-electron chi connectivity index (χ4n) is 3.60. The SMILES string of the molecule is O=C(C[C@@H](NCc1ccccc1)C(=O)O)Nc1ccc(NC(=O)C[C@@H](NCc2ccccc2)C(=O)O)cc1. The van der Waals surface area contributed by atoms with Gasteiger partial charge in [-0.3, -0.25) is 29.8 Å². The summed E-state index contributed by atoms with van der Waals surface area (Å²) in [5.41, 5.74) is 2.65. The van der Waals surface area contributed by atoms with E-state index in [1.54, 1.807) is 24.3 Å². The van der Waals surface area contributed by atoms with Crippen molar-refractivity contribution in [1.82, 2.24) is 10.6 Å². The molecular formula is C28H30N4O6. The molecule has 2 atom stereocenters. The molecule has 0 saturated carbocycles. The Hall–Kier alpha value is -4.54. The van der Waals surface area contributed by atoms with Crippen LogP contribution in [0.15, 0.2) is 84.9 Å². The zero-order valence-corrected chi connectivity index (χ0v) is 20.6. The van der Waals surface area contributed by atoms with Gasteiger partial charge >= 0.3 is 11.9 Å². The van der Waals surface area contributed by atoms with Crippen molar-refractivity contribution in [2.75, 3.05) is 10.6 Å². The van der Waals surface area contributed by atoms with E-state index in [1.165, 1.54) is 0 Å². The number of nitrogens with one attached hydrogen (secondary N) is 4. The Bertz CT molecular complexity index is 1120. The average Bonchev–Trinajstić information content (AvgIpc) is 2.91. The van der Waals surface area contributed by atoms with Crippen LogP contribution in [-0.4, -0.2) is 46.0 Å². The van der Waals surface area contributed by atoms with Crippen LogP contribution in [0.3, 0.4) is 0 Å². The molecule has 0 fully saturated rings. The van der Waals surface area contributed by atoms with Crippen molar-refractivity contribution in [2.24, 2.45) is 0 Å². The van der Waals surface area contributed by atoms with Crippen LogP contribution in [-0.2, 0) is 32.3 Å². The highest BCUT2D eigenvalue weighted by atomic mass is 16.4. The number of carbonyl (C=O) groups excluding carboxylic acids is 2. The minimum absolute atomic E-state index is 0.271. The van der Waals surface area contributed by atoms with Crippen molar-refractivity contribution in [3.05, 3.63) is 96.1 Å². The molecule has 198 valence electrons. The standard InChI is InChI=1S/C28H30N4O6/c33-25(15-23(27(35)36)29-17-19-7-3-1-4-8-19)31-21-11-13-22(14-12-21)32-26(34)16-24(28(37)38)30-18-20-9-5-2-6-10-20/h1-14,23-24,29-30H,15-18H2,(H,31,33)(H,32,34)(H,35,36)(H,37,38)/t23-,24-/m1/s1. The monoisotopic (exact) mass is 518 g/mol. The van der Waals surface area contributed by atoms with Crippen LogP contribution in [0.1, 0.15) is 24.0 Å². The van der Waals surface area contributed by atoms with E-state index >= 15 is 0 Å². The Kier molecular flexibility index (Phi) is 10.5. The lowest BCUT2D eigenvalue weighted by Crippen LogP contribution is -2.39. The first kappa shape index (κ1) is 28.0. The molecule has 0 bridgehead atoms. The number of anilines is 2. The predicted octanol–water partition coefficient (Wildman–Crippen LogP) is 2.83. The van der Waals surface area contributed by atoms with E-state index in [0.29, 0.717) is 24.5 Å². The largest absolute Gasteiger partial charge is 0.480 e. The van der Waals surface area contributed by atoms with Crippen LogP contribution < -0.4 is 21.3 Å². The lowest BCUT2D eigenvalue weighted by Gasteiger charge is -2.15. The number of carboxylic acids is 2. The van der Waals surface area contributed by atoms with Gasteiger partial charge in [0.25, 0.3) is 0 Å². The summed E-state index contributed by atoms with van der Waals surface area (Å²) in [6.45, 7) is 0.619. The van der Waals surface area contributed by atoms with Gasteiger partial charge in [0.05, 0.1) is 12.8 Å². The molecule has 2 amide bonds. The summed E-state index contributed by atoms with van der Waals surface area (Å²) < 4.78 is 0. The van der Waals surface area contributed by atoms with Gasteiger partial charge < -0.3 is 20.8 Å². The average molecular weight is 519 g/mol. The van der Waals surface area contributed by atoms with Gasteiger partial charge in [0.2, 0.25) is 11.8 Å². The third-order valence-corrected chi connectivity index (χ3v) is 5.62. The summed E-state index contributed by atoms with van der Waals surface area (Å²) in [6, 6.07) is 22.6. The third kappa shape index (κ3) is 9.49. The highest BCUT2D eigenvalue weighted by Gasteiger charge is 2.22. The molecule has 10 nitrogen and oxygen atoms in total. The second-order valence-electron chi connectivity index (χ2n) is 8.60. The molecule has 0 aliphatic heterocycles. The normalized spacial score (nSPS) is 12.2. The molecule has 0 saturated heterocycles. The van der Waals surface area contributed by atoms with E-state index in [-0.39, 0.29) is 12.8 Å². The molecule has 38 heavy (non-hydrogen) atoms. The molecular weight excluding hydrogens is 488 g/mol. The van der Waals surface area contributed by atoms with Gasteiger partial charge in [0.1, 0.15) is 12.1 Å². The minimum Gasteiger partial charge on any atom is -0.480 e. The molecule has 3 rings (SSSR count). The fraction of sp³-hybridized carbons (Fsp3) is 0.214. The smallest absolute Gasteiger partial charge is 0.321 e. The quantitative estimate of drug-likeness (QED) is 0.190. The van der Waals surface area contributed by atoms with Crippen molar-refractivity contribution < 1.29 is 29.4 Å². The summed E-state index contributed by atoms with van der Waals surface area (Å²) in [5.74, 6) is -3.23. The second-order valence-corrected chi connectivity index (χ2v) is 8.60. The van der Waals surface area contributed by atoms with Crippen molar-refractivity contribution in [3.63, 3.8) is 0 Å². The topological polar surface area (TPSA) is 157 Å². The van der Waals surface area contributed by atoms with E-state index in [2.05, 4.69) is 21.3 Å². The highest BCUT2D eigenvalue weighted by Crippen LogP contribution is 2.15. The van der Waals surface area contributed by atoms with Crippen molar-refractivity contribution in [1.29, 1.82) is 0 Å². The number of hydrogen-bond donors (Lipinski definition) is 6. The molecule has 10 heteroatoms. The van der Waals surface area contributed by atoms with Crippen LogP contribution in [0.25, 0.3) is 0 Å². The Labute approximate surface area is 220 Å². The molecule has 0 spiro atoms. The van der Waals surface area contributed by atoms with Gasteiger partial charge in [0, 0.05) is 24.5 Å². The summed E-state index contributed by atoms with van der Waals surface area (Å²) in [5, 5.41) is 29.9. The predicted molar refractivity (Wildman–Crippen MR) is 142 cm³/mol. The number of benzene rings is 3. The zero-order chi connectivity index (χ0) is 27.3. The maximum absolute atomic E-state index is 12.4. The number of hydrogen-bond acceptors (Lipinski definition) is 6. The van der Waals surface area contributed by atoms with Gasteiger partial charge in [-0.1, -0.05) is 60.7 Å². The Morgan fingerprint density at radius 1 is 0.553 bits per heavy atom. The first-order chi connectivity index (χ1) is 18.3. The van der Waals surface area contributed by atoms with Gasteiger partial charge in [-0.25, -0.2) is 0 Å². The Morgan fingerprint density at radius 3 is 1.21 bits per heavy atom. The molecule has 0 aromatic heterocycles. The third-order valence-electron chi connectivity index (χ3n) is 5.62. The summed E-state index contributed by atoms with van der Waals surface area (Å²) in [4.78, 5) is 47.9. The van der Waals surface area contributed by atoms with Crippen molar-refractivity contribution in [2.45, 2.75) is 38.0 Å². The number of carbonyl (C=O) groups is 4. The van der Waals surface area contributed by atoms with Gasteiger partial charge in [0.15, 0.2) is 0 Å². The first-order valence-corrected chi connectivity index (χ1v) is 12.0. The molecule has 0 radical (unpaired) electrons. The van der Waals surface area contributed by atoms with E-state index in [9.17, 15) is 29.4 Å². The Balaban J connectivity index is 1.47. The summed E-state index contributed by atoms with van der Waals surface area (Å²) in [6.07, 6.45) is -0.541. The summed E-state index contributed by atoms with van der Waals surface area (Å²) >= 11 is 0. The molecule has 0 aliphatic carbocycles. The zero-order valence-electron chi connectivity index (χ0n) is 20.6. The fourth-order valence-corrected chi connectivity index (χ4v) is 3.60. The van der Waals surface area contributed by atoms with Gasteiger partial charge in [-0.2, -0.15) is 0 Å². The van der Waals surface area contributed by atoms with Gasteiger partial charge in [-0.05, 0) is 35.4 Å². The lowest BCUT2D eigenvalue weighted by atomic mass is 10.1. The maximum atomic E-state index is 12.4. The van der Waals surface area contributed by atoms with E-state index in [1.807, 2.05) is 60.7 Å². The number of aliphatic carboxylic acids is 2. The van der Waals surface area contributed by atoms with Crippen LogP contribution in [0, 0.1) is 0 Å². The number of rotatable bonds is 14. The molecule has 0 heterocycles. The number of amides is 2.